The van der Waals surface area contributed by atoms with Gasteiger partial charge in [-0.1, -0.05) is 33.6 Å². The lowest BCUT2D eigenvalue weighted by Gasteiger charge is -2.24. The first-order chi connectivity index (χ1) is 9.77. The van der Waals surface area contributed by atoms with E-state index in [9.17, 15) is 13.2 Å². The zero-order valence-corrected chi connectivity index (χ0v) is 14.6. The van der Waals surface area contributed by atoms with Gasteiger partial charge in [-0.25, -0.2) is 13.2 Å². The minimum atomic E-state index is -3.61. The fourth-order valence-corrected chi connectivity index (χ4v) is 5.21. The molecule has 1 heterocycles. The molecule has 0 aliphatic heterocycles. The summed E-state index contributed by atoms with van der Waals surface area (Å²) in [6.45, 7) is 8.39. The monoisotopic (exact) mass is 333 g/mol. The molecule has 0 amide bonds. The second-order valence-electron chi connectivity index (χ2n) is 5.02. The molecular weight excluding hydrogens is 310 g/mol. The third-order valence-corrected chi connectivity index (χ3v) is 7.27. The highest BCUT2D eigenvalue weighted by molar-refractivity contribution is 7.91. The van der Waals surface area contributed by atoms with Crippen molar-refractivity contribution in [2.75, 3.05) is 13.1 Å². The van der Waals surface area contributed by atoms with Gasteiger partial charge in [0.15, 0.2) is 0 Å². The van der Waals surface area contributed by atoms with Crippen LogP contribution >= 0.6 is 11.3 Å². The summed E-state index contributed by atoms with van der Waals surface area (Å²) in [7, 11) is -3.61. The number of carboxylic acids is 1. The van der Waals surface area contributed by atoms with Crippen molar-refractivity contribution in [3.8, 4) is 0 Å². The van der Waals surface area contributed by atoms with Gasteiger partial charge in [-0.15, -0.1) is 11.3 Å². The summed E-state index contributed by atoms with van der Waals surface area (Å²) in [5, 5.41) is 9.06. The van der Waals surface area contributed by atoms with Gasteiger partial charge in [-0.3, -0.25) is 0 Å². The van der Waals surface area contributed by atoms with E-state index in [4.69, 9.17) is 5.11 Å². The van der Waals surface area contributed by atoms with Crippen LogP contribution in [0.5, 0.6) is 0 Å². The van der Waals surface area contributed by atoms with E-state index in [-0.39, 0.29) is 9.09 Å². The number of nitrogens with zero attached hydrogens (tertiary/aromatic N) is 1. The number of hydrogen-bond acceptors (Lipinski definition) is 4. The molecule has 1 aromatic rings. The maximum absolute atomic E-state index is 12.7. The van der Waals surface area contributed by atoms with Crippen molar-refractivity contribution in [3.05, 3.63) is 16.5 Å². The van der Waals surface area contributed by atoms with E-state index in [1.807, 2.05) is 13.8 Å². The number of hydrogen-bond donors (Lipinski definition) is 1. The molecule has 0 unspecified atom stereocenters. The molecule has 0 spiro atoms. The molecule has 0 bridgehead atoms. The molecule has 5 nitrogen and oxygen atoms in total. The Morgan fingerprint density at radius 1 is 1.33 bits per heavy atom. The molecule has 1 rings (SSSR count). The maximum atomic E-state index is 12.7. The van der Waals surface area contributed by atoms with E-state index in [1.165, 1.54) is 10.4 Å². The van der Waals surface area contributed by atoms with E-state index in [1.54, 1.807) is 13.8 Å². The highest BCUT2D eigenvalue weighted by Gasteiger charge is 2.28. The lowest BCUT2D eigenvalue weighted by Crippen LogP contribution is -2.34. The minimum absolute atomic E-state index is 0.0900. The fraction of sp³-hybridized carbons (Fsp3) is 0.643. The number of sulfonamides is 1. The number of carbonyl (C=O) groups is 1. The first-order valence-corrected chi connectivity index (χ1v) is 9.37. The normalized spacial score (nSPS) is 12.3. The lowest BCUT2D eigenvalue weighted by atomic mass is 10.0. The van der Waals surface area contributed by atoms with Gasteiger partial charge in [-0.05, 0) is 24.5 Å². The zero-order chi connectivity index (χ0) is 16.2. The van der Waals surface area contributed by atoms with Crippen LogP contribution < -0.4 is 0 Å². The van der Waals surface area contributed by atoms with Gasteiger partial charge in [-0.2, -0.15) is 4.31 Å². The van der Waals surface area contributed by atoms with Crippen LogP contribution in [-0.4, -0.2) is 36.9 Å². The molecule has 7 heteroatoms. The molecule has 0 atom stereocenters. The molecule has 0 saturated carbocycles. The summed E-state index contributed by atoms with van der Waals surface area (Å²) in [5.74, 6) is -0.762. The topological polar surface area (TPSA) is 74.7 Å². The van der Waals surface area contributed by atoms with Crippen LogP contribution in [0.2, 0.25) is 0 Å². The van der Waals surface area contributed by atoms with Crippen molar-refractivity contribution in [1.29, 1.82) is 0 Å². The Morgan fingerprint density at radius 3 is 2.29 bits per heavy atom. The Kier molecular flexibility index (Phi) is 6.37. The van der Waals surface area contributed by atoms with Gasteiger partial charge in [0, 0.05) is 13.1 Å². The standard InChI is InChI=1S/C14H23NO4S2/c1-5-11(6-2)9-15(7-3)21(18,19)12-8-10(4)13(20-12)14(16)17/h8,11H,5-7,9H2,1-4H3,(H,16,17). The third-order valence-electron chi connectivity index (χ3n) is 3.65. The SMILES string of the molecule is CCC(CC)CN(CC)S(=O)(=O)c1cc(C)c(C(=O)O)s1. The summed E-state index contributed by atoms with van der Waals surface area (Å²) in [4.78, 5) is 11.2. The second-order valence-corrected chi connectivity index (χ2v) is 8.24. The smallest absolute Gasteiger partial charge is 0.346 e. The summed E-state index contributed by atoms with van der Waals surface area (Å²) in [6.07, 6.45) is 1.85. The van der Waals surface area contributed by atoms with Crippen molar-refractivity contribution >= 4 is 27.3 Å². The van der Waals surface area contributed by atoms with Gasteiger partial charge < -0.3 is 5.11 Å². The number of carboxylic acid groups (broad SMARTS) is 1. The summed E-state index contributed by atoms with van der Waals surface area (Å²) >= 11 is 0.831. The predicted molar refractivity (Wildman–Crippen MR) is 84.5 cm³/mol. The first kappa shape index (κ1) is 18.1. The van der Waals surface area contributed by atoms with Crippen LogP contribution in [0.25, 0.3) is 0 Å². The van der Waals surface area contributed by atoms with Gasteiger partial charge in [0.05, 0.1) is 0 Å². The van der Waals surface area contributed by atoms with Crippen molar-refractivity contribution in [3.63, 3.8) is 0 Å². The minimum Gasteiger partial charge on any atom is -0.477 e. The highest BCUT2D eigenvalue weighted by atomic mass is 32.2. The number of aromatic carboxylic acids is 1. The van der Waals surface area contributed by atoms with Gasteiger partial charge in [0.1, 0.15) is 9.09 Å². The van der Waals surface area contributed by atoms with Crippen LogP contribution in [0.15, 0.2) is 10.3 Å². The maximum Gasteiger partial charge on any atom is 0.346 e. The Hall–Kier alpha value is -0.920. The third kappa shape index (κ3) is 4.05. The van der Waals surface area contributed by atoms with Crippen molar-refractivity contribution < 1.29 is 18.3 Å². The summed E-state index contributed by atoms with van der Waals surface area (Å²) < 4.78 is 26.9. The van der Waals surface area contributed by atoms with E-state index >= 15 is 0 Å². The highest BCUT2D eigenvalue weighted by Crippen LogP contribution is 2.29. The molecule has 0 fully saturated rings. The van der Waals surface area contributed by atoms with Crippen molar-refractivity contribution in [2.24, 2.45) is 5.92 Å². The van der Waals surface area contributed by atoms with Crippen molar-refractivity contribution in [1.82, 2.24) is 4.31 Å². The largest absolute Gasteiger partial charge is 0.477 e. The molecular formula is C14H23NO4S2. The molecule has 0 radical (unpaired) electrons. The Labute approximate surface area is 130 Å². The lowest BCUT2D eigenvalue weighted by molar-refractivity contribution is 0.0701. The molecule has 1 N–H and O–H groups in total. The molecule has 0 aliphatic rings. The van der Waals surface area contributed by atoms with E-state index < -0.39 is 16.0 Å². The van der Waals surface area contributed by atoms with Crippen LogP contribution in [0, 0.1) is 12.8 Å². The van der Waals surface area contributed by atoms with E-state index in [0.717, 1.165) is 24.2 Å². The van der Waals surface area contributed by atoms with Gasteiger partial charge >= 0.3 is 5.97 Å². The molecule has 1 aromatic heterocycles. The molecule has 0 saturated heterocycles. The predicted octanol–water partition coefficient (Wildman–Crippen LogP) is 3.20. The Bertz CT molecular complexity index is 588. The van der Waals surface area contributed by atoms with Crippen LogP contribution in [0.1, 0.15) is 48.8 Å². The van der Waals surface area contributed by atoms with Gasteiger partial charge in [0.2, 0.25) is 0 Å². The molecule has 0 aromatic carbocycles. The molecule has 21 heavy (non-hydrogen) atoms. The second kappa shape index (κ2) is 7.38. The fourth-order valence-electron chi connectivity index (χ4n) is 2.15. The number of thiophene rings is 1. The molecule has 120 valence electrons. The zero-order valence-electron chi connectivity index (χ0n) is 12.9. The van der Waals surface area contributed by atoms with Crippen LogP contribution in [0.4, 0.5) is 0 Å². The van der Waals surface area contributed by atoms with Crippen LogP contribution in [0.3, 0.4) is 0 Å². The summed E-state index contributed by atoms with van der Waals surface area (Å²) in [6, 6.07) is 1.46. The van der Waals surface area contributed by atoms with Gasteiger partial charge in [0.25, 0.3) is 10.0 Å². The van der Waals surface area contributed by atoms with Crippen molar-refractivity contribution in [2.45, 2.75) is 44.7 Å². The van der Waals surface area contributed by atoms with Crippen LogP contribution in [-0.2, 0) is 10.0 Å². The quantitative estimate of drug-likeness (QED) is 0.793. The first-order valence-electron chi connectivity index (χ1n) is 7.11. The van der Waals surface area contributed by atoms with E-state index in [0.29, 0.717) is 24.6 Å². The average Bonchev–Trinajstić information content (AvgIpc) is 2.83. The Morgan fingerprint density at radius 2 is 1.90 bits per heavy atom. The number of aryl methyl sites for hydroxylation is 1. The molecule has 0 aliphatic carbocycles. The summed E-state index contributed by atoms with van der Waals surface area (Å²) in [5.41, 5.74) is 0.490. The number of rotatable bonds is 8. The Balaban J connectivity index is 3.13. The van der Waals surface area contributed by atoms with E-state index in [2.05, 4.69) is 0 Å². The average molecular weight is 333 g/mol.